The van der Waals surface area contributed by atoms with E-state index >= 15 is 0 Å². The maximum Gasteiger partial charge on any atom is 0.243 e. The Labute approximate surface area is 190 Å². The Bertz CT molecular complexity index is 1070. The van der Waals surface area contributed by atoms with Gasteiger partial charge in [0, 0.05) is 38.3 Å². The number of benzene rings is 2. The molecule has 0 aromatic heterocycles. The fourth-order valence-corrected chi connectivity index (χ4v) is 5.68. The molecule has 1 fully saturated rings. The molecule has 1 aliphatic rings. The number of carbonyl (C=O) groups is 2. The standard InChI is InChI=1S/C24H31N3O4S/c1-4-27(5-2)32(30,31)22-16-21(12-11-18(22)3)25-24(29)20-15-23(28)26(17-20)14-13-19-9-7-6-8-10-19/h6-12,16,20H,4-5,13-15,17H2,1-3H3,(H,25,29). The molecule has 2 amide bonds. The lowest BCUT2D eigenvalue weighted by Crippen LogP contribution is -2.31. The van der Waals surface area contributed by atoms with Gasteiger partial charge in [0.25, 0.3) is 0 Å². The zero-order valence-corrected chi connectivity index (χ0v) is 19.7. The van der Waals surface area contributed by atoms with Crippen LogP contribution < -0.4 is 5.32 Å². The molecule has 3 rings (SSSR count). The molecule has 0 bridgehead atoms. The summed E-state index contributed by atoms with van der Waals surface area (Å²) in [5.74, 6) is -0.757. The normalized spacial score (nSPS) is 16.6. The van der Waals surface area contributed by atoms with Crippen LogP contribution in [0.3, 0.4) is 0 Å². The van der Waals surface area contributed by atoms with Crippen LogP contribution in [-0.4, -0.2) is 55.6 Å². The molecule has 0 aliphatic carbocycles. The second-order valence-electron chi connectivity index (χ2n) is 8.04. The molecule has 1 heterocycles. The third kappa shape index (κ3) is 5.37. The molecule has 0 saturated carbocycles. The summed E-state index contributed by atoms with van der Waals surface area (Å²) in [6.07, 6.45) is 0.905. The number of likely N-dealkylation sites (tertiary alicyclic amines) is 1. The van der Waals surface area contributed by atoms with Gasteiger partial charge >= 0.3 is 0 Å². The number of hydrogen-bond donors (Lipinski definition) is 1. The Kier molecular flexibility index (Phi) is 7.69. The zero-order chi connectivity index (χ0) is 23.3. The minimum Gasteiger partial charge on any atom is -0.342 e. The topological polar surface area (TPSA) is 86.8 Å². The van der Waals surface area contributed by atoms with Gasteiger partial charge in [0.1, 0.15) is 0 Å². The van der Waals surface area contributed by atoms with E-state index in [4.69, 9.17) is 0 Å². The smallest absolute Gasteiger partial charge is 0.243 e. The van der Waals surface area contributed by atoms with E-state index in [9.17, 15) is 18.0 Å². The van der Waals surface area contributed by atoms with E-state index < -0.39 is 15.9 Å². The Balaban J connectivity index is 1.66. The minimum atomic E-state index is -3.64. The molecule has 172 valence electrons. The van der Waals surface area contributed by atoms with Crippen molar-refractivity contribution >= 4 is 27.5 Å². The molecule has 1 saturated heterocycles. The summed E-state index contributed by atoms with van der Waals surface area (Å²) in [4.78, 5) is 27.1. The summed E-state index contributed by atoms with van der Waals surface area (Å²) in [6.45, 7) is 7.01. The van der Waals surface area contributed by atoms with Gasteiger partial charge in [-0.25, -0.2) is 8.42 Å². The van der Waals surface area contributed by atoms with Crippen LogP contribution in [-0.2, 0) is 26.0 Å². The number of amides is 2. The van der Waals surface area contributed by atoms with E-state index in [1.165, 1.54) is 10.4 Å². The Morgan fingerprint density at radius 3 is 2.47 bits per heavy atom. The van der Waals surface area contributed by atoms with Crippen molar-refractivity contribution in [2.24, 2.45) is 5.92 Å². The van der Waals surface area contributed by atoms with Crippen LogP contribution in [0.4, 0.5) is 5.69 Å². The van der Waals surface area contributed by atoms with Crippen molar-refractivity contribution in [1.82, 2.24) is 9.21 Å². The first kappa shape index (κ1) is 23.9. The number of nitrogens with zero attached hydrogens (tertiary/aromatic N) is 2. The molecule has 7 nitrogen and oxygen atoms in total. The van der Waals surface area contributed by atoms with Crippen molar-refractivity contribution in [1.29, 1.82) is 0 Å². The molecule has 1 unspecified atom stereocenters. The minimum absolute atomic E-state index is 0.0326. The first-order valence-electron chi connectivity index (χ1n) is 11.0. The number of hydrogen-bond acceptors (Lipinski definition) is 4. The second kappa shape index (κ2) is 10.3. The van der Waals surface area contributed by atoms with Crippen molar-refractivity contribution in [2.45, 2.75) is 38.5 Å². The third-order valence-electron chi connectivity index (χ3n) is 5.88. The first-order valence-corrected chi connectivity index (χ1v) is 12.4. The van der Waals surface area contributed by atoms with Gasteiger partial charge in [0.05, 0.1) is 10.8 Å². The summed E-state index contributed by atoms with van der Waals surface area (Å²) < 4.78 is 27.3. The molecule has 0 radical (unpaired) electrons. The quantitative estimate of drug-likeness (QED) is 0.627. The van der Waals surface area contributed by atoms with E-state index in [1.807, 2.05) is 30.3 Å². The summed E-state index contributed by atoms with van der Waals surface area (Å²) >= 11 is 0. The number of carbonyl (C=O) groups excluding carboxylic acids is 2. The highest BCUT2D eigenvalue weighted by atomic mass is 32.2. The Hall–Kier alpha value is -2.71. The maximum atomic E-state index is 12.9. The highest BCUT2D eigenvalue weighted by Crippen LogP contribution is 2.25. The monoisotopic (exact) mass is 457 g/mol. The fourth-order valence-electron chi connectivity index (χ4n) is 3.98. The number of sulfonamides is 1. The van der Waals surface area contributed by atoms with E-state index in [0.29, 0.717) is 37.4 Å². The van der Waals surface area contributed by atoms with Crippen molar-refractivity contribution < 1.29 is 18.0 Å². The molecule has 32 heavy (non-hydrogen) atoms. The molecule has 8 heteroatoms. The number of anilines is 1. The Morgan fingerprint density at radius 1 is 1.12 bits per heavy atom. The zero-order valence-electron chi connectivity index (χ0n) is 18.9. The third-order valence-corrected chi connectivity index (χ3v) is 8.07. The van der Waals surface area contributed by atoms with Crippen molar-refractivity contribution in [3.05, 3.63) is 59.7 Å². The van der Waals surface area contributed by atoms with Crippen LogP contribution in [0.2, 0.25) is 0 Å². The fraction of sp³-hybridized carbons (Fsp3) is 0.417. The van der Waals surface area contributed by atoms with Gasteiger partial charge in [-0.3, -0.25) is 9.59 Å². The average molecular weight is 458 g/mol. The molecule has 1 N–H and O–H groups in total. The maximum absolute atomic E-state index is 12.9. The van der Waals surface area contributed by atoms with E-state index in [0.717, 1.165) is 12.0 Å². The lowest BCUT2D eigenvalue weighted by Gasteiger charge is -2.20. The molecule has 0 spiro atoms. The second-order valence-corrected chi connectivity index (χ2v) is 9.94. The van der Waals surface area contributed by atoms with E-state index in [2.05, 4.69) is 5.32 Å². The van der Waals surface area contributed by atoms with Crippen LogP contribution in [0, 0.1) is 12.8 Å². The molecule has 1 aliphatic heterocycles. The summed E-state index contributed by atoms with van der Waals surface area (Å²) in [5.41, 5.74) is 2.19. The number of nitrogens with one attached hydrogen (secondary N) is 1. The van der Waals surface area contributed by atoms with Gasteiger partial charge in [-0.2, -0.15) is 4.31 Å². The average Bonchev–Trinajstić information content (AvgIpc) is 3.15. The molecule has 1 atom stereocenters. The highest BCUT2D eigenvalue weighted by Gasteiger charge is 2.34. The van der Waals surface area contributed by atoms with Crippen LogP contribution in [0.25, 0.3) is 0 Å². The summed E-state index contributed by atoms with van der Waals surface area (Å²) in [6, 6.07) is 14.8. The molecular formula is C24H31N3O4S. The molecule has 2 aromatic carbocycles. The van der Waals surface area contributed by atoms with Gasteiger partial charge in [0.15, 0.2) is 0 Å². The van der Waals surface area contributed by atoms with Crippen molar-refractivity contribution in [3.63, 3.8) is 0 Å². The lowest BCUT2D eigenvalue weighted by atomic mass is 10.1. The van der Waals surface area contributed by atoms with Crippen molar-refractivity contribution in [2.75, 3.05) is 31.5 Å². The SMILES string of the molecule is CCN(CC)S(=O)(=O)c1cc(NC(=O)C2CC(=O)N(CCc3ccccc3)C2)ccc1C. The van der Waals surface area contributed by atoms with E-state index in [-0.39, 0.29) is 23.1 Å². The largest absolute Gasteiger partial charge is 0.342 e. The predicted molar refractivity (Wildman–Crippen MR) is 125 cm³/mol. The lowest BCUT2D eigenvalue weighted by molar-refractivity contribution is -0.128. The van der Waals surface area contributed by atoms with Crippen molar-refractivity contribution in [3.8, 4) is 0 Å². The first-order chi connectivity index (χ1) is 15.3. The number of aryl methyl sites for hydroxylation is 1. The molecular weight excluding hydrogens is 426 g/mol. The number of rotatable bonds is 9. The summed E-state index contributed by atoms with van der Waals surface area (Å²) in [7, 11) is -3.64. The highest BCUT2D eigenvalue weighted by molar-refractivity contribution is 7.89. The Morgan fingerprint density at radius 2 is 1.81 bits per heavy atom. The van der Waals surface area contributed by atoms with E-state index in [1.54, 1.807) is 37.8 Å². The van der Waals surface area contributed by atoms with Gasteiger partial charge in [0.2, 0.25) is 21.8 Å². The van der Waals surface area contributed by atoms with Crippen LogP contribution in [0.1, 0.15) is 31.4 Å². The van der Waals surface area contributed by atoms with Gasteiger partial charge < -0.3 is 10.2 Å². The molecule has 2 aromatic rings. The van der Waals surface area contributed by atoms with Gasteiger partial charge in [-0.15, -0.1) is 0 Å². The van der Waals surface area contributed by atoms with Gasteiger partial charge in [-0.05, 0) is 36.6 Å². The van der Waals surface area contributed by atoms with Crippen LogP contribution in [0.15, 0.2) is 53.4 Å². The summed E-state index contributed by atoms with van der Waals surface area (Å²) in [5, 5.41) is 2.81. The van der Waals surface area contributed by atoms with Crippen LogP contribution >= 0.6 is 0 Å². The predicted octanol–water partition coefficient (Wildman–Crippen LogP) is 3.06. The van der Waals surface area contributed by atoms with Crippen LogP contribution in [0.5, 0.6) is 0 Å². The van der Waals surface area contributed by atoms with Gasteiger partial charge in [-0.1, -0.05) is 50.2 Å².